The van der Waals surface area contributed by atoms with E-state index in [1.54, 1.807) is 0 Å². The molecule has 0 aliphatic carbocycles. The van der Waals surface area contributed by atoms with Gasteiger partial charge in [-0.2, -0.15) is 0 Å². The molecule has 0 heterocycles. The van der Waals surface area contributed by atoms with Crippen LogP contribution < -0.4 is 16.8 Å². The number of hydrogen-bond acceptors (Lipinski definition) is 6. The summed E-state index contributed by atoms with van der Waals surface area (Å²) in [4.78, 5) is 24.3. The first-order chi connectivity index (χ1) is 11.0. The highest BCUT2D eigenvalue weighted by Crippen LogP contribution is 2.11. The molecule has 0 aliphatic rings. The quantitative estimate of drug-likeness (QED) is 0.195. The molecule has 0 aromatic carbocycles. The average molecular weight is 330 g/mol. The number of nitrogens with one attached hydrogen (secondary N) is 1. The molecule has 0 fully saturated rings. The van der Waals surface area contributed by atoms with Crippen molar-refractivity contribution < 1.29 is 14.7 Å². The fourth-order valence-electron chi connectivity index (χ4n) is 2.28. The molecule has 0 rings (SSSR count). The second-order valence-electron chi connectivity index (χ2n) is 5.86. The number of nitrogens with zero attached hydrogens (tertiary/aromatic N) is 1. The Bertz CT molecular complexity index is 324. The molecule has 1 unspecified atom stereocenters. The van der Waals surface area contributed by atoms with Crippen molar-refractivity contribution in [2.24, 2.45) is 11.5 Å². The Balaban J connectivity index is 4.20. The number of nitrogens with two attached hydrogens (primary N) is 2. The molecule has 1 amide bonds. The molecule has 0 saturated heterocycles. The Labute approximate surface area is 139 Å². The summed E-state index contributed by atoms with van der Waals surface area (Å²) in [7, 11) is 0. The molecule has 0 aliphatic heterocycles. The van der Waals surface area contributed by atoms with Gasteiger partial charge in [-0.05, 0) is 45.3 Å². The number of rotatable bonds is 15. The van der Waals surface area contributed by atoms with Crippen LogP contribution in [0.25, 0.3) is 0 Å². The van der Waals surface area contributed by atoms with E-state index in [0.717, 1.165) is 56.5 Å². The minimum Gasteiger partial charge on any atom is -0.353 e. The maximum absolute atomic E-state index is 12.2. The fraction of sp³-hybridized carbons (Fsp3) is 0.875. The van der Waals surface area contributed by atoms with Crippen molar-refractivity contribution in [1.29, 1.82) is 0 Å². The van der Waals surface area contributed by atoms with Crippen molar-refractivity contribution in [2.75, 3.05) is 26.2 Å². The van der Waals surface area contributed by atoms with E-state index in [-0.39, 0.29) is 18.7 Å². The lowest BCUT2D eigenvalue weighted by atomic mass is 10.1. The monoisotopic (exact) mass is 330 g/mol. The van der Waals surface area contributed by atoms with Crippen LogP contribution in [0.3, 0.4) is 0 Å². The minimum absolute atomic E-state index is 0.219. The van der Waals surface area contributed by atoms with Crippen LogP contribution in [0.2, 0.25) is 0 Å². The van der Waals surface area contributed by atoms with Crippen LogP contribution in [-0.2, 0) is 9.59 Å². The van der Waals surface area contributed by atoms with Crippen molar-refractivity contribution >= 4 is 12.2 Å². The van der Waals surface area contributed by atoms with Gasteiger partial charge in [-0.3, -0.25) is 20.2 Å². The standard InChI is InChI=1S/C16H34N4O3/c1-2-3-4-5-9-15(22)20(16(18,23)14-21)13-7-6-11-19-12-8-10-17/h14,19,23H,2-13,17-18H2,1H3. The van der Waals surface area contributed by atoms with Crippen LogP contribution in [0, 0.1) is 0 Å². The number of unbranched alkanes of at least 4 members (excludes halogenated alkanes) is 4. The molecule has 1 atom stereocenters. The van der Waals surface area contributed by atoms with E-state index in [1.807, 2.05) is 0 Å². The summed E-state index contributed by atoms with van der Waals surface area (Å²) in [5, 5.41) is 13.2. The number of hydrogen-bond donors (Lipinski definition) is 4. The Morgan fingerprint density at radius 3 is 2.48 bits per heavy atom. The number of carbonyl (C=O) groups excluding carboxylic acids is 2. The van der Waals surface area contributed by atoms with Gasteiger partial charge in [0.2, 0.25) is 5.91 Å². The summed E-state index contributed by atoms with van der Waals surface area (Å²) in [5.74, 6) is -2.48. The van der Waals surface area contributed by atoms with E-state index in [4.69, 9.17) is 11.5 Å². The highest BCUT2D eigenvalue weighted by Gasteiger charge is 2.32. The SMILES string of the molecule is CCCCCCC(=O)N(CCCCNCCCN)C(N)(O)C=O. The maximum atomic E-state index is 12.2. The van der Waals surface area contributed by atoms with Gasteiger partial charge in [-0.1, -0.05) is 26.2 Å². The molecule has 7 nitrogen and oxygen atoms in total. The van der Waals surface area contributed by atoms with Gasteiger partial charge < -0.3 is 16.2 Å². The molecule has 136 valence electrons. The molecule has 0 saturated carbocycles. The Morgan fingerprint density at radius 1 is 1.17 bits per heavy atom. The van der Waals surface area contributed by atoms with Gasteiger partial charge in [-0.15, -0.1) is 0 Å². The third-order valence-electron chi connectivity index (χ3n) is 3.69. The highest BCUT2D eigenvalue weighted by molar-refractivity contribution is 5.80. The summed E-state index contributed by atoms with van der Waals surface area (Å²) in [6, 6.07) is 0. The minimum atomic E-state index is -2.21. The summed E-state index contributed by atoms with van der Waals surface area (Å²) in [6.45, 7) is 4.71. The topological polar surface area (TPSA) is 122 Å². The van der Waals surface area contributed by atoms with Crippen LogP contribution in [0.5, 0.6) is 0 Å². The van der Waals surface area contributed by atoms with E-state index in [0.29, 0.717) is 19.4 Å². The molecular weight excluding hydrogens is 296 g/mol. The molecule has 23 heavy (non-hydrogen) atoms. The van der Waals surface area contributed by atoms with Gasteiger partial charge in [-0.25, -0.2) is 0 Å². The molecule has 0 radical (unpaired) electrons. The molecule has 0 aromatic heterocycles. The number of aliphatic hydroxyl groups is 1. The van der Waals surface area contributed by atoms with E-state index in [2.05, 4.69) is 12.2 Å². The van der Waals surface area contributed by atoms with Crippen molar-refractivity contribution in [2.45, 2.75) is 64.1 Å². The molecule has 0 spiro atoms. The average Bonchev–Trinajstić information content (AvgIpc) is 2.53. The first-order valence-electron chi connectivity index (χ1n) is 8.68. The maximum Gasteiger partial charge on any atom is 0.254 e. The summed E-state index contributed by atoms with van der Waals surface area (Å²) in [5.41, 5.74) is 10.9. The summed E-state index contributed by atoms with van der Waals surface area (Å²) >= 11 is 0. The second-order valence-corrected chi connectivity index (χ2v) is 5.86. The highest BCUT2D eigenvalue weighted by atomic mass is 16.3. The van der Waals surface area contributed by atoms with Gasteiger partial charge >= 0.3 is 0 Å². The smallest absolute Gasteiger partial charge is 0.254 e. The van der Waals surface area contributed by atoms with Crippen LogP contribution in [0.4, 0.5) is 0 Å². The van der Waals surface area contributed by atoms with Crippen molar-refractivity contribution in [3.63, 3.8) is 0 Å². The van der Waals surface area contributed by atoms with E-state index >= 15 is 0 Å². The van der Waals surface area contributed by atoms with Crippen molar-refractivity contribution in [3.05, 3.63) is 0 Å². The van der Waals surface area contributed by atoms with E-state index in [9.17, 15) is 14.7 Å². The zero-order valence-electron chi connectivity index (χ0n) is 14.4. The lowest BCUT2D eigenvalue weighted by molar-refractivity contribution is -0.164. The largest absolute Gasteiger partial charge is 0.353 e. The molecule has 6 N–H and O–H groups in total. The van der Waals surface area contributed by atoms with Crippen LogP contribution in [-0.4, -0.2) is 54.2 Å². The van der Waals surface area contributed by atoms with Crippen LogP contribution >= 0.6 is 0 Å². The zero-order chi connectivity index (χ0) is 17.6. The molecular formula is C16H34N4O3. The second kappa shape index (κ2) is 13.4. The van der Waals surface area contributed by atoms with Crippen LogP contribution in [0.15, 0.2) is 0 Å². The normalized spacial score (nSPS) is 13.6. The predicted molar refractivity (Wildman–Crippen MR) is 91.4 cm³/mol. The summed E-state index contributed by atoms with van der Waals surface area (Å²) < 4.78 is 0. The molecule has 7 heteroatoms. The van der Waals surface area contributed by atoms with Gasteiger partial charge in [0.1, 0.15) is 0 Å². The van der Waals surface area contributed by atoms with Crippen molar-refractivity contribution in [3.8, 4) is 0 Å². The number of aldehydes is 1. The summed E-state index contributed by atoms with van der Waals surface area (Å²) in [6.07, 6.45) is 6.83. The third kappa shape index (κ3) is 10.4. The number of carbonyl (C=O) groups is 2. The van der Waals surface area contributed by atoms with Crippen molar-refractivity contribution in [1.82, 2.24) is 10.2 Å². The lowest BCUT2D eigenvalue weighted by Gasteiger charge is -2.32. The Hall–Kier alpha value is -1.02. The zero-order valence-corrected chi connectivity index (χ0v) is 14.4. The molecule has 0 aromatic rings. The third-order valence-corrected chi connectivity index (χ3v) is 3.69. The lowest BCUT2D eigenvalue weighted by Crippen LogP contribution is -2.60. The fourth-order valence-corrected chi connectivity index (χ4v) is 2.28. The van der Waals surface area contributed by atoms with E-state index in [1.165, 1.54) is 0 Å². The Kier molecular flexibility index (Phi) is 12.8. The molecule has 0 bridgehead atoms. The number of amides is 1. The Morgan fingerprint density at radius 2 is 1.87 bits per heavy atom. The van der Waals surface area contributed by atoms with Gasteiger partial charge in [0.05, 0.1) is 0 Å². The van der Waals surface area contributed by atoms with Gasteiger partial charge in [0.15, 0.2) is 6.29 Å². The van der Waals surface area contributed by atoms with Gasteiger partial charge in [0, 0.05) is 13.0 Å². The first-order valence-corrected chi connectivity index (χ1v) is 8.68. The predicted octanol–water partition coefficient (Wildman–Crippen LogP) is 0.308. The van der Waals surface area contributed by atoms with Crippen LogP contribution in [0.1, 0.15) is 58.3 Å². The van der Waals surface area contributed by atoms with Gasteiger partial charge in [0.25, 0.3) is 5.85 Å². The van der Waals surface area contributed by atoms with E-state index < -0.39 is 5.85 Å². The first kappa shape index (κ1) is 22.0.